The van der Waals surface area contributed by atoms with Crippen LogP contribution in [0.3, 0.4) is 0 Å². The van der Waals surface area contributed by atoms with Crippen LogP contribution in [0.15, 0.2) is 54.6 Å². The lowest BCUT2D eigenvalue weighted by atomic mass is 10.1. The molecule has 5 heteroatoms. The second-order valence-corrected chi connectivity index (χ2v) is 4.49. The molecular weight excluding hydrogens is 268 g/mol. The Hall–Kier alpha value is -2.82. The maximum absolute atomic E-state index is 11.7. The van der Waals surface area contributed by atoms with E-state index in [0.717, 1.165) is 5.56 Å². The minimum Gasteiger partial charge on any atom is -0.410 e. The molecule has 2 rings (SSSR count). The Bertz CT molecular complexity index is 609. The number of para-hydroxylation sites is 1. The number of carbonyl (C=O) groups excluding carboxylic acids is 2. The maximum atomic E-state index is 11.7. The summed E-state index contributed by atoms with van der Waals surface area (Å²) in [6.07, 6.45) is 0.346. The van der Waals surface area contributed by atoms with Gasteiger partial charge in [0, 0.05) is 12.1 Å². The van der Waals surface area contributed by atoms with Crippen molar-refractivity contribution in [3.05, 3.63) is 60.2 Å². The second kappa shape index (κ2) is 7.09. The van der Waals surface area contributed by atoms with Crippen molar-refractivity contribution >= 4 is 17.7 Å². The van der Waals surface area contributed by atoms with Gasteiger partial charge in [-0.15, -0.1) is 0 Å². The molecule has 0 saturated carbocycles. The molecule has 5 nitrogen and oxygen atoms in total. The number of hydrogen-bond donors (Lipinski definition) is 2. The summed E-state index contributed by atoms with van der Waals surface area (Å²) in [6, 6.07) is 16.0. The lowest BCUT2D eigenvalue weighted by Crippen LogP contribution is -2.16. The number of amides is 2. The first-order valence-corrected chi connectivity index (χ1v) is 6.54. The Morgan fingerprint density at radius 3 is 2.29 bits per heavy atom. The van der Waals surface area contributed by atoms with Gasteiger partial charge in [0.2, 0.25) is 5.91 Å². The average molecular weight is 284 g/mol. The van der Waals surface area contributed by atoms with E-state index < -0.39 is 6.09 Å². The third-order valence-corrected chi connectivity index (χ3v) is 2.81. The minimum atomic E-state index is -0.550. The van der Waals surface area contributed by atoms with Gasteiger partial charge < -0.3 is 10.5 Å². The number of benzene rings is 2. The summed E-state index contributed by atoms with van der Waals surface area (Å²) in [5.74, 6) is 0.150. The zero-order chi connectivity index (χ0) is 15.1. The molecule has 0 fully saturated rings. The molecule has 2 aromatic rings. The van der Waals surface area contributed by atoms with Crippen molar-refractivity contribution in [2.45, 2.75) is 12.8 Å². The Kier molecular flexibility index (Phi) is 4.93. The summed E-state index contributed by atoms with van der Waals surface area (Å²) in [4.78, 5) is 22.4. The van der Waals surface area contributed by atoms with Crippen molar-refractivity contribution in [1.82, 2.24) is 0 Å². The first-order chi connectivity index (χ1) is 10.1. The number of hydrogen-bond acceptors (Lipinski definition) is 3. The molecule has 2 aromatic carbocycles. The molecule has 0 saturated heterocycles. The predicted octanol–water partition coefficient (Wildman–Crippen LogP) is 2.72. The Morgan fingerprint density at radius 1 is 1.00 bits per heavy atom. The van der Waals surface area contributed by atoms with E-state index in [0.29, 0.717) is 24.3 Å². The van der Waals surface area contributed by atoms with E-state index >= 15 is 0 Å². The van der Waals surface area contributed by atoms with Crippen molar-refractivity contribution in [3.8, 4) is 5.75 Å². The summed E-state index contributed by atoms with van der Waals surface area (Å²) in [6.45, 7) is 0. The summed E-state index contributed by atoms with van der Waals surface area (Å²) >= 11 is 0. The standard InChI is InChI=1S/C16H16N2O3/c17-15(19)11-8-12-6-9-13(10-7-12)18-16(20)21-14-4-2-1-3-5-14/h1-7,9-10H,8,11H2,(H2,17,19)(H,18,20). The molecular formula is C16H16N2O3. The van der Waals surface area contributed by atoms with Gasteiger partial charge in [-0.25, -0.2) is 4.79 Å². The highest BCUT2D eigenvalue weighted by atomic mass is 16.6. The average Bonchev–Trinajstić information content (AvgIpc) is 2.47. The van der Waals surface area contributed by atoms with Crippen LogP contribution in [0.1, 0.15) is 12.0 Å². The van der Waals surface area contributed by atoms with E-state index in [-0.39, 0.29) is 5.91 Å². The van der Waals surface area contributed by atoms with Crippen LogP contribution in [0.5, 0.6) is 5.75 Å². The second-order valence-electron chi connectivity index (χ2n) is 4.49. The number of nitrogens with one attached hydrogen (secondary N) is 1. The first kappa shape index (κ1) is 14.6. The molecule has 0 bridgehead atoms. The van der Waals surface area contributed by atoms with Gasteiger partial charge in [-0.2, -0.15) is 0 Å². The van der Waals surface area contributed by atoms with Crippen LogP contribution < -0.4 is 15.8 Å². The van der Waals surface area contributed by atoms with Gasteiger partial charge in [0.25, 0.3) is 0 Å². The van der Waals surface area contributed by atoms with Crippen LogP contribution in [0.4, 0.5) is 10.5 Å². The van der Waals surface area contributed by atoms with E-state index in [9.17, 15) is 9.59 Å². The van der Waals surface area contributed by atoms with E-state index in [1.807, 2.05) is 18.2 Å². The highest BCUT2D eigenvalue weighted by molar-refractivity contribution is 5.86. The first-order valence-electron chi connectivity index (χ1n) is 6.54. The zero-order valence-electron chi connectivity index (χ0n) is 11.4. The fourth-order valence-corrected chi connectivity index (χ4v) is 1.76. The fourth-order valence-electron chi connectivity index (χ4n) is 1.76. The van der Waals surface area contributed by atoms with Crippen molar-refractivity contribution < 1.29 is 14.3 Å². The van der Waals surface area contributed by atoms with Crippen LogP contribution in [0.2, 0.25) is 0 Å². The molecule has 0 aliphatic rings. The molecule has 2 amide bonds. The molecule has 0 unspecified atom stereocenters. The normalized spacial score (nSPS) is 9.90. The van der Waals surface area contributed by atoms with Crippen LogP contribution in [-0.4, -0.2) is 12.0 Å². The predicted molar refractivity (Wildman–Crippen MR) is 80.0 cm³/mol. The highest BCUT2D eigenvalue weighted by Crippen LogP contribution is 2.13. The van der Waals surface area contributed by atoms with Crippen LogP contribution >= 0.6 is 0 Å². The molecule has 108 valence electrons. The van der Waals surface area contributed by atoms with Gasteiger partial charge in [-0.3, -0.25) is 10.1 Å². The van der Waals surface area contributed by atoms with Crippen LogP contribution in [0.25, 0.3) is 0 Å². The van der Waals surface area contributed by atoms with Crippen LogP contribution in [-0.2, 0) is 11.2 Å². The molecule has 3 N–H and O–H groups in total. The molecule has 0 heterocycles. The van der Waals surface area contributed by atoms with Crippen molar-refractivity contribution in [1.29, 1.82) is 0 Å². The van der Waals surface area contributed by atoms with Gasteiger partial charge in [0.05, 0.1) is 0 Å². The number of nitrogens with two attached hydrogens (primary N) is 1. The number of ether oxygens (including phenoxy) is 1. The minimum absolute atomic E-state index is 0.308. The fraction of sp³-hybridized carbons (Fsp3) is 0.125. The zero-order valence-corrected chi connectivity index (χ0v) is 11.4. The van der Waals surface area contributed by atoms with E-state index in [1.165, 1.54) is 0 Å². The molecule has 0 aliphatic heterocycles. The lowest BCUT2D eigenvalue weighted by Gasteiger charge is -2.07. The Labute approximate surface area is 122 Å². The number of anilines is 1. The number of aryl methyl sites for hydroxylation is 1. The molecule has 0 spiro atoms. The summed E-state index contributed by atoms with van der Waals surface area (Å²) < 4.78 is 5.12. The third-order valence-electron chi connectivity index (χ3n) is 2.81. The lowest BCUT2D eigenvalue weighted by molar-refractivity contribution is -0.117. The molecule has 0 aliphatic carbocycles. The number of carbonyl (C=O) groups is 2. The van der Waals surface area contributed by atoms with Crippen molar-refractivity contribution in [2.24, 2.45) is 5.73 Å². The highest BCUT2D eigenvalue weighted by Gasteiger charge is 2.05. The van der Waals surface area contributed by atoms with Gasteiger partial charge >= 0.3 is 6.09 Å². The monoisotopic (exact) mass is 284 g/mol. The van der Waals surface area contributed by atoms with Gasteiger partial charge in [-0.1, -0.05) is 30.3 Å². The van der Waals surface area contributed by atoms with Crippen molar-refractivity contribution in [3.63, 3.8) is 0 Å². The number of primary amides is 1. The van der Waals surface area contributed by atoms with Gasteiger partial charge in [-0.05, 0) is 36.2 Å². The van der Waals surface area contributed by atoms with E-state index in [4.69, 9.17) is 10.5 Å². The van der Waals surface area contributed by atoms with Gasteiger partial charge in [0.15, 0.2) is 0 Å². The molecule has 21 heavy (non-hydrogen) atoms. The smallest absolute Gasteiger partial charge is 0.410 e. The van der Waals surface area contributed by atoms with E-state index in [1.54, 1.807) is 36.4 Å². The Balaban J connectivity index is 1.88. The number of rotatable bonds is 5. The maximum Gasteiger partial charge on any atom is 0.417 e. The molecule has 0 atom stereocenters. The largest absolute Gasteiger partial charge is 0.417 e. The third kappa shape index (κ3) is 4.99. The summed E-state index contributed by atoms with van der Waals surface area (Å²) in [7, 11) is 0. The van der Waals surface area contributed by atoms with Gasteiger partial charge in [0.1, 0.15) is 5.75 Å². The molecule has 0 aromatic heterocycles. The Morgan fingerprint density at radius 2 is 1.67 bits per heavy atom. The van der Waals surface area contributed by atoms with E-state index in [2.05, 4.69) is 5.32 Å². The SMILES string of the molecule is NC(=O)CCc1ccc(NC(=O)Oc2ccccc2)cc1. The summed E-state index contributed by atoms with van der Waals surface area (Å²) in [5.41, 5.74) is 6.70. The van der Waals surface area contributed by atoms with Crippen LogP contribution in [0, 0.1) is 0 Å². The molecule has 0 radical (unpaired) electrons. The van der Waals surface area contributed by atoms with Crippen molar-refractivity contribution in [2.75, 3.05) is 5.32 Å². The quantitative estimate of drug-likeness (QED) is 0.885. The summed E-state index contributed by atoms with van der Waals surface area (Å²) in [5, 5.41) is 2.63. The topological polar surface area (TPSA) is 81.4 Å².